The molecule has 0 heterocycles. The summed E-state index contributed by atoms with van der Waals surface area (Å²) in [5.74, 6) is 0.209. The number of hydrogen-bond acceptors (Lipinski definition) is 2. The maximum absolute atomic E-state index is 13.5. The number of ether oxygens (including phenoxy) is 1. The maximum Gasteiger partial charge on any atom is 0.224 e. The molecule has 2 rings (SSSR count). The molecule has 0 radical (unpaired) electrons. The topological polar surface area (TPSA) is 38.3 Å². The Morgan fingerprint density at radius 3 is 2.58 bits per heavy atom. The highest BCUT2D eigenvalue weighted by molar-refractivity contribution is 5.78. The largest absolute Gasteiger partial charge is 0.492 e. The highest BCUT2D eigenvalue weighted by atomic mass is 19.1. The van der Waals surface area contributed by atoms with Gasteiger partial charge in [-0.05, 0) is 34.7 Å². The summed E-state index contributed by atoms with van der Waals surface area (Å²) < 4.78 is 19.2. The minimum absolute atomic E-state index is 0.0339. The number of carbonyl (C=O) groups is 1. The van der Waals surface area contributed by atoms with Crippen LogP contribution in [0.5, 0.6) is 5.75 Å². The molecule has 3 nitrogen and oxygen atoms in total. The lowest BCUT2D eigenvalue weighted by Crippen LogP contribution is -2.29. The number of hydrogen-bond donors (Lipinski definition) is 1. The molecular formula is C20H24FNO2. The van der Waals surface area contributed by atoms with E-state index in [9.17, 15) is 9.18 Å². The molecule has 0 aromatic heterocycles. The number of nitrogens with one attached hydrogen (secondary N) is 1. The Morgan fingerprint density at radius 1 is 1.12 bits per heavy atom. The van der Waals surface area contributed by atoms with Gasteiger partial charge in [0.25, 0.3) is 0 Å². The van der Waals surface area contributed by atoms with E-state index in [0.717, 1.165) is 5.75 Å². The molecule has 0 saturated carbocycles. The summed E-state index contributed by atoms with van der Waals surface area (Å²) in [4.78, 5) is 11.8. The molecule has 0 aliphatic rings. The van der Waals surface area contributed by atoms with E-state index in [0.29, 0.717) is 18.7 Å². The van der Waals surface area contributed by atoms with E-state index in [-0.39, 0.29) is 23.6 Å². The van der Waals surface area contributed by atoms with Gasteiger partial charge in [-0.25, -0.2) is 4.39 Å². The molecule has 0 spiro atoms. The van der Waals surface area contributed by atoms with Gasteiger partial charge in [-0.3, -0.25) is 4.79 Å². The lowest BCUT2D eigenvalue weighted by Gasteiger charge is -2.19. The Balaban J connectivity index is 1.77. The van der Waals surface area contributed by atoms with Crippen molar-refractivity contribution in [2.75, 3.05) is 13.2 Å². The van der Waals surface area contributed by atoms with Crippen molar-refractivity contribution in [1.82, 2.24) is 5.32 Å². The van der Waals surface area contributed by atoms with Crippen molar-refractivity contribution < 1.29 is 13.9 Å². The Labute approximate surface area is 142 Å². The molecule has 0 unspecified atom stereocenters. The van der Waals surface area contributed by atoms with Gasteiger partial charge in [0.2, 0.25) is 5.91 Å². The van der Waals surface area contributed by atoms with E-state index < -0.39 is 0 Å². The molecule has 0 bridgehead atoms. The monoisotopic (exact) mass is 329 g/mol. The predicted molar refractivity (Wildman–Crippen MR) is 93.8 cm³/mol. The minimum atomic E-state index is -0.358. The zero-order valence-electron chi connectivity index (χ0n) is 14.4. The van der Waals surface area contributed by atoms with Crippen LogP contribution in [0.2, 0.25) is 0 Å². The Kier molecular flexibility index (Phi) is 5.96. The fourth-order valence-corrected chi connectivity index (χ4v) is 2.29. The Morgan fingerprint density at radius 2 is 1.88 bits per heavy atom. The van der Waals surface area contributed by atoms with Crippen LogP contribution in [0.1, 0.15) is 31.9 Å². The van der Waals surface area contributed by atoms with Crippen molar-refractivity contribution in [2.45, 2.75) is 32.6 Å². The third-order valence-corrected chi connectivity index (χ3v) is 3.70. The first-order valence-electron chi connectivity index (χ1n) is 8.10. The molecule has 24 heavy (non-hydrogen) atoms. The molecule has 0 aliphatic carbocycles. The zero-order valence-corrected chi connectivity index (χ0v) is 14.4. The van der Waals surface area contributed by atoms with Crippen molar-refractivity contribution in [1.29, 1.82) is 0 Å². The Hall–Kier alpha value is -2.36. The molecule has 1 N–H and O–H groups in total. The van der Waals surface area contributed by atoms with E-state index in [2.05, 4.69) is 32.2 Å². The van der Waals surface area contributed by atoms with Gasteiger partial charge in [-0.2, -0.15) is 0 Å². The molecule has 2 aromatic rings. The van der Waals surface area contributed by atoms with E-state index in [1.807, 2.05) is 18.2 Å². The second kappa shape index (κ2) is 7.95. The van der Waals surface area contributed by atoms with Gasteiger partial charge in [-0.15, -0.1) is 0 Å². The van der Waals surface area contributed by atoms with Crippen molar-refractivity contribution in [2.24, 2.45) is 0 Å². The normalized spacial score (nSPS) is 11.2. The maximum atomic E-state index is 13.5. The van der Waals surface area contributed by atoms with Crippen LogP contribution >= 0.6 is 0 Å². The van der Waals surface area contributed by atoms with Crippen LogP contribution in [0, 0.1) is 5.82 Å². The van der Waals surface area contributed by atoms with Crippen molar-refractivity contribution in [3.05, 3.63) is 65.5 Å². The highest BCUT2D eigenvalue weighted by Gasteiger charge is 2.14. The first-order chi connectivity index (χ1) is 11.4. The molecule has 0 aliphatic heterocycles. The fourth-order valence-electron chi connectivity index (χ4n) is 2.29. The van der Waals surface area contributed by atoms with Crippen molar-refractivity contribution in [3.8, 4) is 5.75 Å². The number of halogens is 1. The number of benzene rings is 2. The molecule has 128 valence electrons. The standard InChI is InChI=1S/C20H24FNO2/c1-20(2,3)16-8-6-9-17(14-16)24-12-11-22-19(23)13-15-7-4-5-10-18(15)21/h4-10,14H,11-13H2,1-3H3,(H,22,23). The van der Waals surface area contributed by atoms with E-state index in [4.69, 9.17) is 4.74 Å². The SMILES string of the molecule is CC(C)(C)c1cccc(OCCNC(=O)Cc2ccccc2F)c1. The molecular weight excluding hydrogens is 305 g/mol. The number of carbonyl (C=O) groups excluding carboxylic acids is 1. The minimum Gasteiger partial charge on any atom is -0.492 e. The van der Waals surface area contributed by atoms with E-state index in [1.165, 1.54) is 11.6 Å². The zero-order chi connectivity index (χ0) is 17.6. The second-order valence-corrected chi connectivity index (χ2v) is 6.74. The third-order valence-electron chi connectivity index (χ3n) is 3.70. The van der Waals surface area contributed by atoms with Crippen molar-refractivity contribution >= 4 is 5.91 Å². The van der Waals surface area contributed by atoms with Gasteiger partial charge in [0.15, 0.2) is 0 Å². The van der Waals surface area contributed by atoms with Gasteiger partial charge in [0, 0.05) is 0 Å². The summed E-state index contributed by atoms with van der Waals surface area (Å²) in [6, 6.07) is 14.2. The third kappa shape index (κ3) is 5.37. The van der Waals surface area contributed by atoms with Crippen LogP contribution in [0.4, 0.5) is 4.39 Å². The summed E-state index contributed by atoms with van der Waals surface area (Å²) in [5.41, 5.74) is 1.66. The first kappa shape index (κ1) is 18.0. The van der Waals surface area contributed by atoms with Gasteiger partial charge in [-0.1, -0.05) is 51.1 Å². The quantitative estimate of drug-likeness (QED) is 0.817. The van der Waals surface area contributed by atoms with E-state index in [1.54, 1.807) is 18.2 Å². The average molecular weight is 329 g/mol. The summed E-state index contributed by atoms with van der Waals surface area (Å²) in [6.07, 6.45) is 0.0339. The predicted octanol–water partition coefficient (Wildman–Crippen LogP) is 3.86. The lowest BCUT2D eigenvalue weighted by molar-refractivity contribution is -0.120. The van der Waals surface area contributed by atoms with Gasteiger partial charge >= 0.3 is 0 Å². The van der Waals surface area contributed by atoms with Crippen LogP contribution in [-0.2, 0) is 16.6 Å². The number of amides is 1. The Bertz CT molecular complexity index is 692. The van der Waals surface area contributed by atoms with Gasteiger partial charge in [0.05, 0.1) is 13.0 Å². The van der Waals surface area contributed by atoms with Crippen molar-refractivity contribution in [3.63, 3.8) is 0 Å². The summed E-state index contributed by atoms with van der Waals surface area (Å²) in [6.45, 7) is 7.20. The van der Waals surface area contributed by atoms with Gasteiger partial charge < -0.3 is 10.1 Å². The second-order valence-electron chi connectivity index (χ2n) is 6.74. The van der Waals surface area contributed by atoms with E-state index >= 15 is 0 Å². The first-order valence-corrected chi connectivity index (χ1v) is 8.10. The highest BCUT2D eigenvalue weighted by Crippen LogP contribution is 2.25. The lowest BCUT2D eigenvalue weighted by atomic mass is 9.87. The van der Waals surface area contributed by atoms with Crippen LogP contribution < -0.4 is 10.1 Å². The fraction of sp³-hybridized carbons (Fsp3) is 0.350. The van der Waals surface area contributed by atoms with Crippen LogP contribution in [-0.4, -0.2) is 19.1 Å². The average Bonchev–Trinajstić information content (AvgIpc) is 2.53. The molecule has 0 fully saturated rings. The van der Waals surface area contributed by atoms with Gasteiger partial charge in [0.1, 0.15) is 18.2 Å². The molecule has 2 aromatic carbocycles. The molecule has 0 atom stereocenters. The van der Waals surface area contributed by atoms with Crippen LogP contribution in [0.25, 0.3) is 0 Å². The van der Waals surface area contributed by atoms with Crippen LogP contribution in [0.15, 0.2) is 48.5 Å². The molecule has 0 saturated heterocycles. The molecule has 1 amide bonds. The van der Waals surface area contributed by atoms with Crippen LogP contribution in [0.3, 0.4) is 0 Å². The summed E-state index contributed by atoms with van der Waals surface area (Å²) in [5, 5.41) is 2.74. The number of rotatable bonds is 6. The summed E-state index contributed by atoms with van der Waals surface area (Å²) >= 11 is 0. The smallest absolute Gasteiger partial charge is 0.224 e. The summed E-state index contributed by atoms with van der Waals surface area (Å²) in [7, 11) is 0. The molecule has 4 heteroatoms.